The van der Waals surface area contributed by atoms with Crippen LogP contribution in [0.5, 0.6) is 5.75 Å². The van der Waals surface area contributed by atoms with E-state index in [9.17, 15) is 4.79 Å². The quantitative estimate of drug-likeness (QED) is 0.662. The Bertz CT molecular complexity index is 1030. The summed E-state index contributed by atoms with van der Waals surface area (Å²) in [5.41, 5.74) is 7.97. The highest BCUT2D eigenvalue weighted by molar-refractivity contribution is 7.18. The van der Waals surface area contributed by atoms with Gasteiger partial charge >= 0.3 is 0 Å². The zero-order valence-electron chi connectivity index (χ0n) is 15.8. The summed E-state index contributed by atoms with van der Waals surface area (Å²) < 4.78 is 11.5. The van der Waals surface area contributed by atoms with Crippen molar-refractivity contribution in [2.75, 3.05) is 18.5 Å². The molecule has 4 rings (SSSR count). The maximum absolute atomic E-state index is 11.6. The maximum atomic E-state index is 11.6. The molecule has 0 saturated carbocycles. The van der Waals surface area contributed by atoms with Gasteiger partial charge in [0, 0.05) is 29.0 Å². The van der Waals surface area contributed by atoms with E-state index in [4.69, 9.17) is 15.2 Å². The minimum atomic E-state index is -0.478. The SMILES string of the molecule is Cc1sc2ncnc(NCc3ccc(C(N)=O)cc3OC3CCOC3)c2c1C. The Kier molecular flexibility index (Phi) is 5.15. The van der Waals surface area contributed by atoms with Gasteiger partial charge in [-0.15, -0.1) is 11.3 Å². The van der Waals surface area contributed by atoms with Gasteiger partial charge in [0.05, 0.1) is 18.6 Å². The average Bonchev–Trinajstić information content (AvgIpc) is 3.29. The van der Waals surface area contributed by atoms with Gasteiger partial charge in [-0.1, -0.05) is 6.07 Å². The molecule has 3 aromatic rings. The van der Waals surface area contributed by atoms with Crippen molar-refractivity contribution in [1.82, 2.24) is 9.97 Å². The summed E-state index contributed by atoms with van der Waals surface area (Å²) in [6.45, 7) is 5.90. The molecule has 1 amide bonds. The number of primary amides is 1. The highest BCUT2D eigenvalue weighted by Gasteiger charge is 2.20. The lowest BCUT2D eigenvalue weighted by Gasteiger charge is -2.17. The molecule has 1 atom stereocenters. The van der Waals surface area contributed by atoms with Gasteiger partial charge in [-0.25, -0.2) is 9.97 Å². The van der Waals surface area contributed by atoms with Gasteiger partial charge in [-0.05, 0) is 31.5 Å². The van der Waals surface area contributed by atoms with E-state index in [0.29, 0.717) is 31.1 Å². The molecule has 146 valence electrons. The van der Waals surface area contributed by atoms with E-state index in [1.807, 2.05) is 6.07 Å². The van der Waals surface area contributed by atoms with Crippen LogP contribution in [0.3, 0.4) is 0 Å². The number of carbonyl (C=O) groups is 1. The Morgan fingerprint density at radius 2 is 2.25 bits per heavy atom. The molecular formula is C20H22N4O3S. The number of fused-ring (bicyclic) bond motifs is 1. The van der Waals surface area contributed by atoms with Crippen molar-refractivity contribution in [2.45, 2.75) is 32.9 Å². The molecule has 1 saturated heterocycles. The van der Waals surface area contributed by atoms with Crippen molar-refractivity contribution in [3.63, 3.8) is 0 Å². The Balaban J connectivity index is 1.61. The molecule has 0 aliphatic carbocycles. The van der Waals surface area contributed by atoms with Gasteiger partial charge < -0.3 is 20.5 Å². The number of nitrogens with two attached hydrogens (primary N) is 1. The summed E-state index contributed by atoms with van der Waals surface area (Å²) in [5.74, 6) is 0.956. The highest BCUT2D eigenvalue weighted by atomic mass is 32.1. The molecule has 0 radical (unpaired) electrons. The number of hydrogen-bond donors (Lipinski definition) is 2. The first kappa shape index (κ1) is 18.6. The van der Waals surface area contributed by atoms with Crippen LogP contribution in [-0.4, -0.2) is 35.2 Å². The Morgan fingerprint density at radius 1 is 1.39 bits per heavy atom. The van der Waals surface area contributed by atoms with E-state index in [1.54, 1.807) is 29.8 Å². The third kappa shape index (κ3) is 3.65. The van der Waals surface area contributed by atoms with E-state index >= 15 is 0 Å². The molecular weight excluding hydrogens is 376 g/mol. The van der Waals surface area contributed by atoms with Crippen LogP contribution in [0.2, 0.25) is 0 Å². The molecule has 1 fully saturated rings. The van der Waals surface area contributed by atoms with Gasteiger partial charge in [0.25, 0.3) is 0 Å². The number of aryl methyl sites for hydroxylation is 2. The number of anilines is 1. The van der Waals surface area contributed by atoms with Crippen LogP contribution in [0.15, 0.2) is 24.5 Å². The molecule has 0 bridgehead atoms. The predicted octanol–water partition coefficient (Wildman–Crippen LogP) is 3.19. The van der Waals surface area contributed by atoms with Gasteiger partial charge in [0.1, 0.15) is 28.8 Å². The summed E-state index contributed by atoms with van der Waals surface area (Å²) in [5, 5.41) is 4.45. The van der Waals surface area contributed by atoms with Crippen LogP contribution < -0.4 is 15.8 Å². The number of thiophene rings is 1. The van der Waals surface area contributed by atoms with Crippen LogP contribution >= 0.6 is 11.3 Å². The molecule has 8 heteroatoms. The number of carbonyl (C=O) groups excluding carboxylic acids is 1. The Labute approximate surface area is 166 Å². The van der Waals surface area contributed by atoms with E-state index in [1.165, 1.54) is 10.4 Å². The zero-order chi connectivity index (χ0) is 19.7. The summed E-state index contributed by atoms with van der Waals surface area (Å²) in [4.78, 5) is 22.6. The molecule has 0 spiro atoms. The fourth-order valence-electron chi connectivity index (χ4n) is 3.24. The predicted molar refractivity (Wildman–Crippen MR) is 109 cm³/mol. The van der Waals surface area contributed by atoms with E-state index < -0.39 is 5.91 Å². The summed E-state index contributed by atoms with van der Waals surface area (Å²) in [6.07, 6.45) is 2.38. The molecule has 28 heavy (non-hydrogen) atoms. The van der Waals surface area contributed by atoms with E-state index in [0.717, 1.165) is 28.0 Å². The number of benzene rings is 1. The second kappa shape index (κ2) is 7.73. The van der Waals surface area contributed by atoms with Crippen LogP contribution in [0.1, 0.15) is 32.8 Å². The zero-order valence-corrected chi connectivity index (χ0v) is 16.6. The highest BCUT2D eigenvalue weighted by Crippen LogP contribution is 2.33. The average molecular weight is 398 g/mol. The molecule has 3 N–H and O–H groups in total. The van der Waals surface area contributed by atoms with Crippen molar-refractivity contribution in [2.24, 2.45) is 5.73 Å². The monoisotopic (exact) mass is 398 g/mol. The molecule has 7 nitrogen and oxygen atoms in total. The fourth-order valence-corrected chi connectivity index (χ4v) is 4.24. The van der Waals surface area contributed by atoms with Crippen LogP contribution in [0, 0.1) is 13.8 Å². The van der Waals surface area contributed by atoms with Crippen LogP contribution in [0.25, 0.3) is 10.2 Å². The summed E-state index contributed by atoms with van der Waals surface area (Å²) >= 11 is 1.66. The van der Waals surface area contributed by atoms with Crippen molar-refractivity contribution in [3.05, 3.63) is 46.1 Å². The third-order valence-corrected chi connectivity index (χ3v) is 6.06. The third-order valence-electron chi connectivity index (χ3n) is 4.94. The lowest BCUT2D eigenvalue weighted by Crippen LogP contribution is -2.18. The van der Waals surface area contributed by atoms with Crippen LogP contribution in [-0.2, 0) is 11.3 Å². The van der Waals surface area contributed by atoms with Crippen molar-refractivity contribution in [1.29, 1.82) is 0 Å². The normalized spacial score (nSPS) is 16.4. The Hall–Kier alpha value is -2.71. The van der Waals surface area contributed by atoms with Crippen molar-refractivity contribution in [3.8, 4) is 5.75 Å². The summed E-state index contributed by atoms with van der Waals surface area (Å²) in [7, 11) is 0. The second-order valence-corrected chi connectivity index (χ2v) is 8.03. The number of amides is 1. The number of nitrogens with one attached hydrogen (secondary N) is 1. The maximum Gasteiger partial charge on any atom is 0.248 e. The largest absolute Gasteiger partial charge is 0.488 e. The first-order chi connectivity index (χ1) is 13.5. The Morgan fingerprint density at radius 3 is 3.00 bits per heavy atom. The lowest BCUT2D eigenvalue weighted by atomic mass is 10.1. The number of aromatic nitrogens is 2. The molecule has 1 unspecified atom stereocenters. The van der Waals surface area contributed by atoms with Crippen molar-refractivity contribution < 1.29 is 14.3 Å². The number of rotatable bonds is 6. The minimum absolute atomic E-state index is 0.0191. The van der Waals surface area contributed by atoms with Crippen LogP contribution in [0.4, 0.5) is 5.82 Å². The standard InChI is InChI=1S/C20H22N4O3S/c1-11-12(2)28-20-17(11)19(23-10-24-20)22-8-14-4-3-13(18(21)25)7-16(14)27-15-5-6-26-9-15/h3-4,7,10,15H,5-6,8-9H2,1-2H3,(H2,21,25)(H,22,23,24). The molecule has 3 heterocycles. The van der Waals surface area contributed by atoms with Gasteiger partial charge in [0.2, 0.25) is 5.91 Å². The summed E-state index contributed by atoms with van der Waals surface area (Å²) in [6, 6.07) is 5.28. The molecule has 1 aromatic carbocycles. The van der Waals surface area contributed by atoms with E-state index in [-0.39, 0.29) is 6.10 Å². The number of ether oxygens (including phenoxy) is 2. The topological polar surface area (TPSA) is 99.4 Å². The van der Waals surface area contributed by atoms with E-state index in [2.05, 4.69) is 29.1 Å². The first-order valence-electron chi connectivity index (χ1n) is 9.14. The number of nitrogens with zero attached hydrogens (tertiary/aromatic N) is 2. The van der Waals surface area contributed by atoms with Crippen molar-refractivity contribution >= 4 is 33.3 Å². The van der Waals surface area contributed by atoms with Gasteiger partial charge in [-0.3, -0.25) is 4.79 Å². The molecule has 1 aliphatic rings. The van der Waals surface area contributed by atoms with Gasteiger partial charge in [-0.2, -0.15) is 0 Å². The number of hydrogen-bond acceptors (Lipinski definition) is 7. The first-order valence-corrected chi connectivity index (χ1v) is 9.96. The van der Waals surface area contributed by atoms with Gasteiger partial charge in [0.15, 0.2) is 0 Å². The minimum Gasteiger partial charge on any atom is -0.488 e. The molecule has 1 aliphatic heterocycles. The molecule has 2 aromatic heterocycles. The smallest absolute Gasteiger partial charge is 0.248 e. The fraction of sp³-hybridized carbons (Fsp3) is 0.350. The lowest BCUT2D eigenvalue weighted by molar-refractivity contribution is 0.0999. The second-order valence-electron chi connectivity index (χ2n) is 6.83.